The summed E-state index contributed by atoms with van der Waals surface area (Å²) in [6.07, 6.45) is 3.02. The predicted molar refractivity (Wildman–Crippen MR) is 74.3 cm³/mol. The second kappa shape index (κ2) is 6.71. The first-order chi connectivity index (χ1) is 8.49. The van der Waals surface area contributed by atoms with Gasteiger partial charge < -0.3 is 5.32 Å². The van der Waals surface area contributed by atoms with Crippen molar-refractivity contribution in [3.8, 4) is 0 Å². The fourth-order valence-corrected chi connectivity index (χ4v) is 2.28. The number of nitrogens with one attached hydrogen (secondary N) is 1. The molecule has 0 aliphatic carbocycles. The Morgan fingerprint density at radius 2 is 2.17 bits per heavy atom. The second-order valence-electron chi connectivity index (χ2n) is 4.47. The van der Waals surface area contributed by atoms with Crippen LogP contribution in [0.4, 0.5) is 5.69 Å². The number of nitro benzene ring substituents is 1. The molecule has 0 aromatic heterocycles. The van der Waals surface area contributed by atoms with Gasteiger partial charge in [-0.25, -0.2) is 0 Å². The quantitative estimate of drug-likeness (QED) is 0.636. The molecule has 1 aromatic rings. The van der Waals surface area contributed by atoms with E-state index in [1.165, 1.54) is 0 Å². The van der Waals surface area contributed by atoms with Crippen molar-refractivity contribution in [2.75, 3.05) is 7.05 Å². The average Bonchev–Trinajstić information content (AvgIpc) is 2.32. The van der Waals surface area contributed by atoms with E-state index in [2.05, 4.69) is 12.2 Å². The molecule has 18 heavy (non-hydrogen) atoms. The molecule has 1 rings (SSSR count). The van der Waals surface area contributed by atoms with Gasteiger partial charge >= 0.3 is 0 Å². The molecule has 0 amide bonds. The zero-order valence-corrected chi connectivity index (χ0v) is 11.8. The van der Waals surface area contributed by atoms with Crippen LogP contribution >= 0.6 is 11.6 Å². The Kier molecular flexibility index (Phi) is 5.56. The molecule has 1 unspecified atom stereocenters. The van der Waals surface area contributed by atoms with Crippen LogP contribution in [0.1, 0.15) is 30.9 Å². The second-order valence-corrected chi connectivity index (χ2v) is 4.87. The minimum atomic E-state index is -0.444. The van der Waals surface area contributed by atoms with Gasteiger partial charge in [0.05, 0.1) is 4.92 Å². The molecule has 0 aliphatic rings. The van der Waals surface area contributed by atoms with Crippen LogP contribution in [-0.2, 0) is 6.42 Å². The molecule has 0 radical (unpaired) electrons. The summed E-state index contributed by atoms with van der Waals surface area (Å²) in [5.41, 5.74) is 1.97. The van der Waals surface area contributed by atoms with Crippen molar-refractivity contribution in [2.24, 2.45) is 0 Å². The third kappa shape index (κ3) is 3.68. The van der Waals surface area contributed by atoms with Crippen molar-refractivity contribution in [3.05, 3.63) is 38.4 Å². The minimum Gasteiger partial charge on any atom is -0.317 e. The van der Waals surface area contributed by atoms with Crippen LogP contribution in [0.5, 0.6) is 0 Å². The number of nitro groups is 1. The van der Waals surface area contributed by atoms with Crippen molar-refractivity contribution in [1.82, 2.24) is 5.32 Å². The highest BCUT2D eigenvalue weighted by Crippen LogP contribution is 2.28. The number of nitrogens with zero attached hydrogens (tertiary/aromatic N) is 1. The standard InChI is InChI=1S/C13H19ClN2O2/c1-4-5-11(15-3)7-10-8-12(14)13(16(17)18)6-9(10)2/h6,8,11,15H,4-5,7H2,1-3H3. The Labute approximate surface area is 112 Å². The molecule has 1 atom stereocenters. The molecule has 0 aliphatic heterocycles. The summed E-state index contributed by atoms with van der Waals surface area (Å²) in [4.78, 5) is 10.3. The van der Waals surface area contributed by atoms with Crippen molar-refractivity contribution < 1.29 is 4.92 Å². The van der Waals surface area contributed by atoms with E-state index in [-0.39, 0.29) is 10.7 Å². The summed E-state index contributed by atoms with van der Waals surface area (Å²) in [6, 6.07) is 3.65. The Balaban J connectivity index is 2.97. The molecular formula is C13H19ClN2O2. The first-order valence-electron chi connectivity index (χ1n) is 6.10. The average molecular weight is 271 g/mol. The number of halogens is 1. The maximum Gasteiger partial charge on any atom is 0.288 e. The maximum atomic E-state index is 10.8. The van der Waals surface area contributed by atoms with Gasteiger partial charge in [-0.3, -0.25) is 10.1 Å². The highest BCUT2D eigenvalue weighted by molar-refractivity contribution is 6.32. The van der Waals surface area contributed by atoms with E-state index >= 15 is 0 Å². The first-order valence-corrected chi connectivity index (χ1v) is 6.48. The first kappa shape index (κ1) is 14.9. The van der Waals surface area contributed by atoms with Crippen LogP contribution in [0.25, 0.3) is 0 Å². The van der Waals surface area contributed by atoms with Gasteiger partial charge in [0.15, 0.2) is 0 Å². The van der Waals surface area contributed by atoms with Crippen LogP contribution < -0.4 is 5.32 Å². The smallest absolute Gasteiger partial charge is 0.288 e. The molecule has 0 fully saturated rings. The molecule has 5 heteroatoms. The van der Waals surface area contributed by atoms with E-state index in [9.17, 15) is 10.1 Å². The molecule has 0 heterocycles. The fourth-order valence-electron chi connectivity index (χ4n) is 2.03. The molecule has 100 valence electrons. The van der Waals surface area contributed by atoms with Gasteiger partial charge in [-0.1, -0.05) is 24.9 Å². The van der Waals surface area contributed by atoms with Crippen LogP contribution in [0.3, 0.4) is 0 Å². The number of likely N-dealkylation sites (N-methyl/N-ethyl adjacent to an activating group) is 1. The lowest BCUT2D eigenvalue weighted by Crippen LogP contribution is -2.27. The van der Waals surface area contributed by atoms with Crippen LogP contribution in [0.15, 0.2) is 12.1 Å². The largest absolute Gasteiger partial charge is 0.317 e. The van der Waals surface area contributed by atoms with Gasteiger partial charge in [-0.05, 0) is 44.0 Å². The van der Waals surface area contributed by atoms with Crippen molar-refractivity contribution in [1.29, 1.82) is 0 Å². The predicted octanol–water partition coefficient (Wildman–Crippen LogP) is 3.49. The third-order valence-electron chi connectivity index (χ3n) is 3.11. The highest BCUT2D eigenvalue weighted by Gasteiger charge is 2.16. The normalized spacial score (nSPS) is 12.4. The van der Waals surface area contributed by atoms with Crippen LogP contribution in [0.2, 0.25) is 5.02 Å². The molecule has 1 aromatic carbocycles. The van der Waals surface area contributed by atoms with E-state index in [4.69, 9.17) is 11.6 Å². The topological polar surface area (TPSA) is 55.2 Å². The number of rotatable bonds is 6. The molecule has 0 saturated heterocycles. The fraction of sp³-hybridized carbons (Fsp3) is 0.538. The number of hydrogen-bond acceptors (Lipinski definition) is 3. The third-order valence-corrected chi connectivity index (χ3v) is 3.42. The van der Waals surface area contributed by atoms with Gasteiger partial charge in [0.25, 0.3) is 5.69 Å². The lowest BCUT2D eigenvalue weighted by Gasteiger charge is -2.16. The summed E-state index contributed by atoms with van der Waals surface area (Å²) >= 11 is 5.94. The van der Waals surface area contributed by atoms with Gasteiger partial charge in [0.1, 0.15) is 5.02 Å². The Morgan fingerprint density at radius 3 is 2.67 bits per heavy atom. The summed E-state index contributed by atoms with van der Waals surface area (Å²) < 4.78 is 0. The summed E-state index contributed by atoms with van der Waals surface area (Å²) in [5, 5.41) is 14.2. The van der Waals surface area contributed by atoms with Gasteiger partial charge in [-0.2, -0.15) is 0 Å². The lowest BCUT2D eigenvalue weighted by molar-refractivity contribution is -0.384. The Bertz CT molecular complexity index is 435. The highest BCUT2D eigenvalue weighted by atomic mass is 35.5. The zero-order chi connectivity index (χ0) is 13.7. The van der Waals surface area contributed by atoms with E-state index in [1.54, 1.807) is 12.1 Å². The lowest BCUT2D eigenvalue weighted by atomic mass is 9.98. The number of aryl methyl sites for hydroxylation is 1. The van der Waals surface area contributed by atoms with Gasteiger partial charge in [0.2, 0.25) is 0 Å². The van der Waals surface area contributed by atoms with E-state index in [0.29, 0.717) is 6.04 Å². The molecule has 0 spiro atoms. The van der Waals surface area contributed by atoms with Crippen LogP contribution in [-0.4, -0.2) is 18.0 Å². The molecular weight excluding hydrogens is 252 g/mol. The zero-order valence-electron chi connectivity index (χ0n) is 11.0. The Morgan fingerprint density at radius 1 is 1.50 bits per heavy atom. The van der Waals surface area contributed by atoms with E-state index in [0.717, 1.165) is 30.4 Å². The summed E-state index contributed by atoms with van der Waals surface area (Å²) in [6.45, 7) is 4.03. The summed E-state index contributed by atoms with van der Waals surface area (Å²) in [5.74, 6) is 0. The number of benzene rings is 1. The monoisotopic (exact) mass is 270 g/mol. The molecule has 0 saturated carbocycles. The van der Waals surface area contributed by atoms with Crippen LogP contribution in [0, 0.1) is 17.0 Å². The van der Waals surface area contributed by atoms with Gasteiger partial charge in [0, 0.05) is 12.1 Å². The molecule has 0 bridgehead atoms. The Hall–Kier alpha value is -1.13. The minimum absolute atomic E-state index is 0.0191. The number of hydrogen-bond donors (Lipinski definition) is 1. The molecule has 1 N–H and O–H groups in total. The van der Waals surface area contributed by atoms with Gasteiger partial charge in [-0.15, -0.1) is 0 Å². The SMILES string of the molecule is CCCC(Cc1cc(Cl)c([N+](=O)[O-])cc1C)NC. The summed E-state index contributed by atoms with van der Waals surface area (Å²) in [7, 11) is 1.93. The maximum absolute atomic E-state index is 10.8. The van der Waals surface area contributed by atoms with E-state index < -0.39 is 4.92 Å². The van der Waals surface area contributed by atoms with Crippen molar-refractivity contribution in [2.45, 2.75) is 39.2 Å². The van der Waals surface area contributed by atoms with Crippen molar-refractivity contribution in [3.63, 3.8) is 0 Å². The molecule has 4 nitrogen and oxygen atoms in total. The van der Waals surface area contributed by atoms with E-state index in [1.807, 2.05) is 14.0 Å². The van der Waals surface area contributed by atoms with Crippen molar-refractivity contribution >= 4 is 17.3 Å².